The normalized spacial score (nSPS) is 13.1. The number of rotatable bonds is 6. The van der Waals surface area contributed by atoms with Crippen molar-refractivity contribution in [2.24, 2.45) is 0 Å². The zero-order valence-electron chi connectivity index (χ0n) is 8.09. The molecule has 1 atom stereocenters. The van der Waals surface area contributed by atoms with E-state index in [0.29, 0.717) is 0 Å². The fourth-order valence-corrected chi connectivity index (χ4v) is 1.68. The van der Waals surface area contributed by atoms with Crippen LogP contribution in [0.1, 0.15) is 26.7 Å². The molecule has 0 amide bonds. The zero-order chi connectivity index (χ0) is 8.69. The molecular weight excluding hydrogens is 155 g/mol. The topological polar surface area (TPSA) is 18.5 Å². The predicted molar refractivity (Wildman–Crippen MR) is 48.9 cm³/mol. The molecular formula is C8H19AlO2. The second-order valence-electron chi connectivity index (χ2n) is 2.89. The van der Waals surface area contributed by atoms with E-state index in [9.17, 15) is 0 Å². The molecule has 0 bridgehead atoms. The van der Waals surface area contributed by atoms with Gasteiger partial charge in [-0.2, -0.15) is 0 Å². The van der Waals surface area contributed by atoms with Crippen molar-refractivity contribution in [3.63, 3.8) is 0 Å². The number of hydrogen-bond donors (Lipinski definition) is 0. The van der Waals surface area contributed by atoms with Crippen molar-refractivity contribution >= 4 is 14.5 Å². The summed E-state index contributed by atoms with van der Waals surface area (Å²) < 4.78 is 11.1. The summed E-state index contributed by atoms with van der Waals surface area (Å²) in [6.45, 7) is 5.02. The minimum absolute atomic E-state index is 0.0571. The summed E-state index contributed by atoms with van der Waals surface area (Å²) in [5, 5.41) is 0. The smallest absolute Gasteiger partial charge is 0.455 e. The average Bonchev–Trinajstić information content (AvgIpc) is 1.97. The molecule has 66 valence electrons. The SMILES string of the molecule is CCCOC(CC)[O][Al]([CH3])[CH3]. The van der Waals surface area contributed by atoms with Gasteiger partial charge in [0.15, 0.2) is 0 Å². The lowest BCUT2D eigenvalue weighted by molar-refractivity contribution is -0.0832. The summed E-state index contributed by atoms with van der Waals surface area (Å²) in [7, 11) is 0. The largest absolute Gasteiger partial charge is 0.478 e. The van der Waals surface area contributed by atoms with Crippen LogP contribution in [0.25, 0.3) is 0 Å². The van der Waals surface area contributed by atoms with Crippen molar-refractivity contribution in [1.82, 2.24) is 0 Å². The minimum Gasteiger partial charge on any atom is -0.478 e. The molecule has 0 heterocycles. The molecule has 0 aromatic carbocycles. The first-order valence-corrected chi connectivity index (χ1v) is 7.25. The molecule has 3 heteroatoms. The van der Waals surface area contributed by atoms with Crippen molar-refractivity contribution in [3.8, 4) is 0 Å². The lowest BCUT2D eigenvalue weighted by Crippen LogP contribution is -2.23. The molecule has 0 aromatic heterocycles. The number of hydrogen-bond acceptors (Lipinski definition) is 2. The molecule has 0 aliphatic heterocycles. The molecule has 0 spiro atoms. The summed E-state index contributed by atoms with van der Waals surface area (Å²) >= 11 is -0.914. The Bertz CT molecular complexity index is 86.2. The summed E-state index contributed by atoms with van der Waals surface area (Å²) in [5.74, 6) is 4.33. The van der Waals surface area contributed by atoms with E-state index in [2.05, 4.69) is 25.4 Å². The Balaban J connectivity index is 3.41. The maximum atomic E-state index is 5.62. The molecule has 0 saturated carbocycles. The van der Waals surface area contributed by atoms with Gasteiger partial charge in [-0.25, -0.2) is 0 Å². The van der Waals surface area contributed by atoms with E-state index >= 15 is 0 Å². The van der Waals surface area contributed by atoms with Crippen LogP contribution in [0.2, 0.25) is 11.6 Å². The monoisotopic (exact) mass is 174 g/mol. The van der Waals surface area contributed by atoms with Crippen LogP contribution < -0.4 is 0 Å². The Labute approximate surface area is 74.6 Å². The highest BCUT2D eigenvalue weighted by Crippen LogP contribution is 2.02. The summed E-state index contributed by atoms with van der Waals surface area (Å²) in [4.78, 5) is 0. The molecule has 2 nitrogen and oxygen atoms in total. The van der Waals surface area contributed by atoms with Gasteiger partial charge >= 0.3 is 14.5 Å². The van der Waals surface area contributed by atoms with Crippen LogP contribution in [0.3, 0.4) is 0 Å². The van der Waals surface area contributed by atoms with Crippen LogP contribution in [0.15, 0.2) is 0 Å². The van der Waals surface area contributed by atoms with E-state index in [-0.39, 0.29) is 6.29 Å². The van der Waals surface area contributed by atoms with Crippen LogP contribution in [0.4, 0.5) is 0 Å². The van der Waals surface area contributed by atoms with Gasteiger partial charge in [-0.05, 0) is 12.8 Å². The molecule has 0 fully saturated rings. The van der Waals surface area contributed by atoms with Gasteiger partial charge in [-0.3, -0.25) is 0 Å². The van der Waals surface area contributed by atoms with Crippen LogP contribution in [-0.4, -0.2) is 27.4 Å². The third-order valence-corrected chi connectivity index (χ3v) is 2.11. The quantitative estimate of drug-likeness (QED) is 0.454. The molecule has 0 N–H and O–H groups in total. The van der Waals surface area contributed by atoms with Crippen molar-refractivity contribution in [3.05, 3.63) is 0 Å². The second kappa shape index (κ2) is 7.12. The molecule has 11 heavy (non-hydrogen) atoms. The van der Waals surface area contributed by atoms with E-state index in [0.717, 1.165) is 19.4 Å². The highest BCUT2D eigenvalue weighted by atomic mass is 27.2. The first kappa shape index (κ1) is 11.5. The maximum absolute atomic E-state index is 5.62. The van der Waals surface area contributed by atoms with Crippen molar-refractivity contribution in [1.29, 1.82) is 0 Å². The van der Waals surface area contributed by atoms with E-state index in [1.807, 2.05) is 0 Å². The third kappa shape index (κ3) is 6.84. The molecule has 0 radical (unpaired) electrons. The molecule has 1 unspecified atom stereocenters. The van der Waals surface area contributed by atoms with Gasteiger partial charge in [-0.1, -0.05) is 25.4 Å². The molecule has 0 saturated heterocycles. The summed E-state index contributed by atoms with van der Waals surface area (Å²) in [5.41, 5.74) is 0. The zero-order valence-corrected chi connectivity index (χ0v) is 9.25. The van der Waals surface area contributed by atoms with Gasteiger partial charge in [-0.15, -0.1) is 0 Å². The molecule has 0 aliphatic carbocycles. The average molecular weight is 174 g/mol. The lowest BCUT2D eigenvalue weighted by Gasteiger charge is -2.18. The Morgan fingerprint density at radius 3 is 2.27 bits per heavy atom. The Hall–Kier alpha value is 0.452. The second-order valence-corrected chi connectivity index (χ2v) is 5.26. The van der Waals surface area contributed by atoms with Gasteiger partial charge in [0.1, 0.15) is 6.29 Å². The standard InChI is InChI=1S/C6H13O2.2CH3.Al/c1-3-5-8-6(7)4-2;;;/h6H,3-5H2,1-2H3;2*1H3;/q-1;;;+1. The highest BCUT2D eigenvalue weighted by Gasteiger charge is 2.11. The van der Waals surface area contributed by atoms with Crippen molar-refractivity contribution < 1.29 is 8.53 Å². The van der Waals surface area contributed by atoms with Gasteiger partial charge in [0.25, 0.3) is 0 Å². The minimum atomic E-state index is -0.914. The Kier molecular flexibility index (Phi) is 7.41. The fraction of sp³-hybridized carbons (Fsp3) is 1.00. The molecule has 0 rings (SSSR count). The van der Waals surface area contributed by atoms with E-state index in [1.165, 1.54) is 0 Å². The number of ether oxygens (including phenoxy) is 1. The van der Waals surface area contributed by atoms with Crippen LogP contribution in [0.5, 0.6) is 0 Å². The molecule has 0 aromatic rings. The van der Waals surface area contributed by atoms with Crippen LogP contribution >= 0.6 is 0 Å². The van der Waals surface area contributed by atoms with E-state index < -0.39 is 14.5 Å². The lowest BCUT2D eigenvalue weighted by atomic mass is 10.5. The van der Waals surface area contributed by atoms with Crippen molar-refractivity contribution in [2.45, 2.75) is 44.6 Å². The van der Waals surface area contributed by atoms with Crippen LogP contribution in [0, 0.1) is 0 Å². The highest BCUT2D eigenvalue weighted by molar-refractivity contribution is 6.48. The Morgan fingerprint density at radius 1 is 1.27 bits per heavy atom. The van der Waals surface area contributed by atoms with E-state index in [4.69, 9.17) is 8.53 Å². The van der Waals surface area contributed by atoms with Gasteiger partial charge in [0, 0.05) is 6.61 Å². The maximum Gasteiger partial charge on any atom is 0.455 e. The summed E-state index contributed by atoms with van der Waals surface area (Å²) in [6, 6.07) is 0. The fourth-order valence-electron chi connectivity index (χ4n) is 0.806. The summed E-state index contributed by atoms with van der Waals surface area (Å²) in [6.07, 6.45) is 2.09. The van der Waals surface area contributed by atoms with Crippen molar-refractivity contribution in [2.75, 3.05) is 6.61 Å². The van der Waals surface area contributed by atoms with Crippen LogP contribution in [-0.2, 0) is 8.53 Å². The Morgan fingerprint density at radius 2 is 1.91 bits per heavy atom. The van der Waals surface area contributed by atoms with Gasteiger partial charge < -0.3 is 8.53 Å². The third-order valence-electron chi connectivity index (χ3n) is 1.27. The van der Waals surface area contributed by atoms with Gasteiger partial charge in [0.2, 0.25) is 0 Å². The first-order valence-electron chi connectivity index (χ1n) is 4.47. The van der Waals surface area contributed by atoms with Gasteiger partial charge in [0.05, 0.1) is 0 Å². The predicted octanol–water partition coefficient (Wildman–Crippen LogP) is 2.42. The van der Waals surface area contributed by atoms with E-state index in [1.54, 1.807) is 0 Å². The first-order chi connectivity index (χ1) is 5.20. The molecule has 0 aliphatic rings.